The highest BCUT2D eigenvalue weighted by atomic mass is 15.5. The van der Waals surface area contributed by atoms with Gasteiger partial charge in [0.15, 0.2) is 0 Å². The highest BCUT2D eigenvalue weighted by Gasteiger charge is 2.32. The monoisotopic (exact) mass is 554 g/mol. The van der Waals surface area contributed by atoms with Crippen LogP contribution >= 0.6 is 0 Å². The van der Waals surface area contributed by atoms with Crippen LogP contribution in [0, 0.1) is 13.8 Å². The maximum absolute atomic E-state index is 5.34. The van der Waals surface area contributed by atoms with E-state index in [0.717, 1.165) is 65.6 Å². The van der Waals surface area contributed by atoms with E-state index in [0.29, 0.717) is 0 Å². The largest absolute Gasteiger partial charge is 0.416 e. The lowest BCUT2D eigenvalue weighted by Gasteiger charge is -2.33. The number of benzene rings is 6. The number of nitrogens with zero attached hydrogens (tertiary/aromatic N) is 6. The molecule has 1 aliphatic rings. The van der Waals surface area contributed by atoms with Gasteiger partial charge in [0, 0.05) is 38.6 Å². The first-order valence-corrected chi connectivity index (χ1v) is 14.7. The minimum Gasteiger partial charge on any atom is -0.416 e. The molecular formula is C36H27BN6. The van der Waals surface area contributed by atoms with E-state index in [-0.39, 0.29) is 0 Å². The number of hydrogen-bond acceptors (Lipinski definition) is 4. The van der Waals surface area contributed by atoms with Crippen LogP contribution in [-0.2, 0) is 0 Å². The fourth-order valence-electron chi connectivity index (χ4n) is 6.87. The first-order valence-electron chi connectivity index (χ1n) is 14.7. The van der Waals surface area contributed by atoms with Gasteiger partial charge in [-0.2, -0.15) is 0 Å². The summed E-state index contributed by atoms with van der Waals surface area (Å²) in [6, 6.07) is 38.5. The zero-order valence-corrected chi connectivity index (χ0v) is 24.2. The van der Waals surface area contributed by atoms with Crippen molar-refractivity contribution in [3.05, 3.63) is 131 Å². The second-order valence-electron chi connectivity index (χ2n) is 11.5. The molecule has 6 aromatic carbocycles. The minimum absolute atomic E-state index is 0.455. The van der Waals surface area contributed by atoms with Gasteiger partial charge in [0.25, 0.3) is 0 Å². The number of aromatic nitrogens is 4. The van der Waals surface area contributed by atoms with Crippen molar-refractivity contribution >= 4 is 66.9 Å². The van der Waals surface area contributed by atoms with Gasteiger partial charge in [0.05, 0.1) is 21.6 Å². The van der Waals surface area contributed by atoms with E-state index in [9.17, 15) is 0 Å². The van der Waals surface area contributed by atoms with Gasteiger partial charge in [-0.1, -0.05) is 97.1 Å². The summed E-state index contributed by atoms with van der Waals surface area (Å²) in [7, 11) is -0.455. The van der Waals surface area contributed by atoms with Crippen molar-refractivity contribution in [2.24, 2.45) is 0 Å². The Kier molecular flexibility index (Phi) is 4.95. The van der Waals surface area contributed by atoms with Gasteiger partial charge < -0.3 is 9.19 Å². The Balaban J connectivity index is 1.37. The third-order valence-corrected chi connectivity index (χ3v) is 9.18. The smallest absolute Gasteiger partial charge is 0.322 e. The van der Waals surface area contributed by atoms with Crippen molar-refractivity contribution in [3.63, 3.8) is 0 Å². The van der Waals surface area contributed by atoms with Crippen molar-refractivity contribution in [1.29, 1.82) is 0 Å². The minimum atomic E-state index is -0.455. The molecule has 0 atom stereocenters. The Morgan fingerprint density at radius 1 is 0.512 bits per heavy atom. The Morgan fingerprint density at radius 2 is 0.977 bits per heavy atom. The average Bonchev–Trinajstić information content (AvgIpc) is 3.69. The van der Waals surface area contributed by atoms with Crippen molar-refractivity contribution in [2.45, 2.75) is 20.8 Å². The Labute approximate surface area is 247 Å². The molecule has 6 nitrogen and oxygen atoms in total. The number of hydrogen-bond donors (Lipinski definition) is 0. The topological polar surface area (TPSA) is 53.0 Å². The molecule has 7 heteroatoms. The molecule has 0 aliphatic carbocycles. The summed E-state index contributed by atoms with van der Waals surface area (Å²) < 4.78 is 4.22. The summed E-state index contributed by atoms with van der Waals surface area (Å²) in [5.41, 5.74) is 5.18. The van der Waals surface area contributed by atoms with Crippen LogP contribution in [0.4, 0.5) is 0 Å². The van der Waals surface area contributed by atoms with E-state index in [1.54, 1.807) is 0 Å². The van der Waals surface area contributed by atoms with Crippen molar-refractivity contribution < 1.29 is 0 Å². The van der Waals surface area contributed by atoms with Crippen LogP contribution in [0.2, 0.25) is 0 Å². The maximum atomic E-state index is 5.34. The standard InChI is InChI=1S/C36H27BN6/c1-22-28-19-16-25-10-4-7-13-31(25)34(28)38-41(22)37(42-23(2)29-20-17-26-11-5-8-14-32(26)35(29)39-42)43-24(3)30-21-18-27-12-6-9-15-33(27)36(30)40-43/h4-21H,1-3H3. The third-order valence-electron chi connectivity index (χ3n) is 9.18. The zero-order chi connectivity index (χ0) is 28.8. The number of rotatable bonds is 3. The van der Waals surface area contributed by atoms with Gasteiger partial charge in [0.1, 0.15) is 5.10 Å². The third kappa shape index (κ3) is 3.33. The molecule has 3 heterocycles. The van der Waals surface area contributed by atoms with Crippen molar-refractivity contribution in [3.8, 4) is 0 Å². The Hall–Kier alpha value is -5.43. The predicted octanol–water partition coefficient (Wildman–Crippen LogP) is 5.86. The highest BCUT2D eigenvalue weighted by molar-refractivity contribution is 6.54. The zero-order valence-electron chi connectivity index (χ0n) is 24.2. The highest BCUT2D eigenvalue weighted by Crippen LogP contribution is 2.30. The summed E-state index contributed by atoms with van der Waals surface area (Å²) in [5, 5.41) is 27.3. The van der Waals surface area contributed by atoms with Gasteiger partial charge in [-0.05, 0) is 49.1 Å². The number of fused-ring (bicyclic) bond motifs is 9. The molecule has 204 valence electrons. The molecule has 9 rings (SSSR count). The lowest BCUT2D eigenvalue weighted by molar-refractivity contribution is 0.514. The molecule has 8 aromatic rings. The summed E-state index contributed by atoms with van der Waals surface area (Å²) in [6.45, 7) is 6.46. The van der Waals surface area contributed by atoms with Crippen LogP contribution in [0.3, 0.4) is 0 Å². The first kappa shape index (κ1) is 24.2. The van der Waals surface area contributed by atoms with E-state index in [4.69, 9.17) is 15.3 Å². The van der Waals surface area contributed by atoms with E-state index >= 15 is 0 Å². The fraction of sp³-hybridized carbons (Fsp3) is 0.0833. The molecule has 0 unspecified atom stereocenters. The van der Waals surface area contributed by atoms with Crippen molar-refractivity contribution in [2.75, 3.05) is 0 Å². The molecule has 0 spiro atoms. The van der Waals surface area contributed by atoms with Gasteiger partial charge in [-0.25, -0.2) is 15.1 Å². The molecule has 0 fully saturated rings. The summed E-state index contributed by atoms with van der Waals surface area (Å²) in [4.78, 5) is 2.11. The quantitative estimate of drug-likeness (QED) is 0.257. The fourth-order valence-corrected chi connectivity index (χ4v) is 6.87. The predicted molar refractivity (Wildman–Crippen MR) is 176 cm³/mol. The van der Waals surface area contributed by atoms with Crippen LogP contribution in [0.15, 0.2) is 109 Å². The van der Waals surface area contributed by atoms with E-state index in [2.05, 4.69) is 144 Å². The molecule has 43 heavy (non-hydrogen) atoms. The number of aryl methyl sites for hydroxylation is 2. The lowest BCUT2D eigenvalue weighted by atomic mass is 9.90. The maximum Gasteiger partial charge on any atom is 0.322 e. The van der Waals surface area contributed by atoms with Gasteiger partial charge in [0.2, 0.25) is 0 Å². The molecule has 0 saturated heterocycles. The molecule has 0 N–H and O–H groups in total. The van der Waals surface area contributed by atoms with Gasteiger partial charge in [-0.15, -0.1) is 0 Å². The van der Waals surface area contributed by atoms with Crippen LogP contribution in [0.1, 0.15) is 18.3 Å². The van der Waals surface area contributed by atoms with Gasteiger partial charge >= 0.3 is 12.5 Å². The molecule has 0 amide bonds. The molecule has 2 aromatic heterocycles. The average molecular weight is 554 g/mol. The van der Waals surface area contributed by atoms with Crippen LogP contribution < -0.4 is 15.7 Å². The van der Waals surface area contributed by atoms with E-state index in [1.807, 2.05) is 0 Å². The Morgan fingerprint density at radius 3 is 1.53 bits per heavy atom. The van der Waals surface area contributed by atoms with Gasteiger partial charge in [-0.3, -0.25) is 0 Å². The second kappa shape index (κ2) is 8.79. The lowest BCUT2D eigenvalue weighted by Crippen LogP contribution is -2.52. The summed E-state index contributed by atoms with van der Waals surface area (Å²) in [5.74, 6) is 0. The molecule has 2 radical (unpaired) electrons. The van der Waals surface area contributed by atoms with Crippen LogP contribution in [0.25, 0.3) is 59.8 Å². The molecule has 0 bridgehead atoms. The SMILES string of the molecule is CC1=c2ccc3ccccc3c2=[N+]N1[B-](n1nc2c(ccc3ccccc32)c1C)n1nc2c(ccc3ccccc32)c1C. The molecular weight excluding hydrogens is 527 g/mol. The second-order valence-corrected chi connectivity index (χ2v) is 11.5. The van der Waals surface area contributed by atoms with E-state index < -0.39 is 7.12 Å². The Bertz CT molecular complexity index is 2460. The molecule has 0 saturated carbocycles. The van der Waals surface area contributed by atoms with Crippen LogP contribution in [-0.4, -0.2) is 31.4 Å². The first-order chi connectivity index (χ1) is 21.1. The van der Waals surface area contributed by atoms with Crippen LogP contribution in [0.5, 0.6) is 0 Å². The van der Waals surface area contributed by atoms with E-state index in [1.165, 1.54) is 16.2 Å². The normalized spacial score (nSPS) is 13.3. The summed E-state index contributed by atoms with van der Waals surface area (Å²) >= 11 is 0. The van der Waals surface area contributed by atoms with Crippen molar-refractivity contribution in [1.82, 2.24) is 29.4 Å². The summed E-state index contributed by atoms with van der Waals surface area (Å²) in [6.07, 6.45) is 0. The molecule has 1 aliphatic heterocycles.